The number of benzene rings is 1. The topological polar surface area (TPSA) is 58.6 Å². The molecule has 5 heteroatoms. The van der Waals surface area contributed by atoms with Gasteiger partial charge in [0.15, 0.2) is 0 Å². The van der Waals surface area contributed by atoms with Crippen molar-refractivity contribution < 1.29 is 14.6 Å². The van der Waals surface area contributed by atoms with Gasteiger partial charge in [0.25, 0.3) is 0 Å². The number of hydrogen-bond donors (Lipinski definition) is 2. The Kier molecular flexibility index (Phi) is 5.05. The van der Waals surface area contributed by atoms with Gasteiger partial charge in [0.05, 0.1) is 19.1 Å². The van der Waals surface area contributed by atoms with Gasteiger partial charge < -0.3 is 15.2 Å². The predicted octanol–water partition coefficient (Wildman–Crippen LogP) is 2.77. The minimum atomic E-state index is -0.793. The Bertz CT molecular complexity index is 484. The molecule has 0 unspecified atom stereocenters. The van der Waals surface area contributed by atoms with Crippen LogP contribution < -0.4 is 10.1 Å². The molecule has 2 N–H and O–H groups in total. The summed E-state index contributed by atoms with van der Waals surface area (Å²) in [5, 5.41) is 13.1. The molecule has 1 aliphatic rings. The van der Waals surface area contributed by atoms with E-state index in [0.29, 0.717) is 6.54 Å². The van der Waals surface area contributed by atoms with Crippen LogP contribution in [0, 0.1) is 0 Å². The fraction of sp³-hybridized carbons (Fsp3) is 0.533. The summed E-state index contributed by atoms with van der Waals surface area (Å²) in [5.41, 5.74) is 0.168. The highest BCUT2D eigenvalue weighted by Crippen LogP contribution is 2.32. The van der Waals surface area contributed by atoms with Crippen LogP contribution >= 0.6 is 15.9 Å². The van der Waals surface area contributed by atoms with Crippen molar-refractivity contribution in [3.8, 4) is 5.75 Å². The van der Waals surface area contributed by atoms with E-state index in [1.165, 1.54) is 0 Å². The molecule has 0 heterocycles. The third-order valence-corrected chi connectivity index (χ3v) is 4.14. The molecule has 0 aromatic heterocycles. The van der Waals surface area contributed by atoms with Crippen LogP contribution in [0.5, 0.6) is 5.75 Å². The summed E-state index contributed by atoms with van der Waals surface area (Å²) in [6.07, 6.45) is 3.66. The van der Waals surface area contributed by atoms with Crippen LogP contribution in [0.2, 0.25) is 0 Å². The number of methoxy groups -OCH3 is 1. The molecule has 0 radical (unpaired) electrons. The van der Waals surface area contributed by atoms with E-state index in [9.17, 15) is 9.90 Å². The maximum Gasteiger partial charge on any atom is 0.223 e. The fourth-order valence-corrected chi connectivity index (χ4v) is 3.13. The van der Waals surface area contributed by atoms with E-state index in [2.05, 4.69) is 21.2 Å². The Balaban J connectivity index is 1.88. The second-order valence-corrected chi connectivity index (χ2v) is 6.30. The number of aliphatic hydroxyl groups is 1. The van der Waals surface area contributed by atoms with Gasteiger partial charge in [-0.25, -0.2) is 0 Å². The van der Waals surface area contributed by atoms with E-state index >= 15 is 0 Å². The highest BCUT2D eigenvalue weighted by Gasteiger charge is 2.33. The molecule has 1 saturated carbocycles. The van der Waals surface area contributed by atoms with Crippen LogP contribution in [-0.4, -0.2) is 23.7 Å². The number of hydrogen-bond acceptors (Lipinski definition) is 3. The second-order valence-electron chi connectivity index (χ2n) is 5.38. The first-order chi connectivity index (χ1) is 9.50. The molecule has 110 valence electrons. The van der Waals surface area contributed by atoms with Crippen molar-refractivity contribution in [2.24, 2.45) is 0 Å². The van der Waals surface area contributed by atoms with Gasteiger partial charge in [0, 0.05) is 11.0 Å². The number of amides is 1. The van der Waals surface area contributed by atoms with Gasteiger partial charge in [0.1, 0.15) is 5.75 Å². The highest BCUT2D eigenvalue weighted by atomic mass is 79.9. The number of rotatable bonds is 5. The summed E-state index contributed by atoms with van der Waals surface area (Å²) in [4.78, 5) is 11.9. The molecule has 2 rings (SSSR count). The monoisotopic (exact) mass is 341 g/mol. The number of carbonyl (C=O) groups is 1. The molecule has 1 fully saturated rings. The van der Waals surface area contributed by atoms with Crippen LogP contribution in [0.15, 0.2) is 22.7 Å². The van der Waals surface area contributed by atoms with Crippen molar-refractivity contribution >= 4 is 21.8 Å². The molecular formula is C15H20BrNO3. The van der Waals surface area contributed by atoms with Crippen molar-refractivity contribution in [3.63, 3.8) is 0 Å². The first-order valence-corrected chi connectivity index (χ1v) is 7.63. The average molecular weight is 342 g/mol. The van der Waals surface area contributed by atoms with Crippen LogP contribution in [-0.2, 0) is 11.3 Å². The molecule has 0 saturated heterocycles. The van der Waals surface area contributed by atoms with Crippen LogP contribution in [0.25, 0.3) is 0 Å². The van der Waals surface area contributed by atoms with Gasteiger partial charge in [0.2, 0.25) is 5.91 Å². The summed E-state index contributed by atoms with van der Waals surface area (Å²) in [6.45, 7) is 0.435. The zero-order valence-corrected chi connectivity index (χ0v) is 13.2. The van der Waals surface area contributed by atoms with E-state index < -0.39 is 5.60 Å². The van der Waals surface area contributed by atoms with Gasteiger partial charge in [-0.05, 0) is 36.6 Å². The largest absolute Gasteiger partial charge is 0.497 e. The number of halogens is 1. The molecule has 1 aliphatic carbocycles. The van der Waals surface area contributed by atoms with Crippen molar-refractivity contribution in [1.29, 1.82) is 0 Å². The summed E-state index contributed by atoms with van der Waals surface area (Å²) in [7, 11) is 1.61. The van der Waals surface area contributed by atoms with Crippen molar-refractivity contribution in [2.45, 2.75) is 44.2 Å². The molecule has 0 bridgehead atoms. The van der Waals surface area contributed by atoms with Gasteiger partial charge in [-0.15, -0.1) is 0 Å². The molecule has 1 aromatic carbocycles. The molecular weight excluding hydrogens is 322 g/mol. The van der Waals surface area contributed by atoms with Crippen LogP contribution in [0.1, 0.15) is 37.7 Å². The lowest BCUT2D eigenvalue weighted by Crippen LogP contribution is -2.34. The molecule has 0 aliphatic heterocycles. The minimum Gasteiger partial charge on any atom is -0.497 e. The van der Waals surface area contributed by atoms with E-state index in [1.54, 1.807) is 7.11 Å². The Morgan fingerprint density at radius 3 is 2.75 bits per heavy atom. The Hall–Kier alpha value is -1.07. The van der Waals surface area contributed by atoms with Crippen molar-refractivity contribution in [3.05, 3.63) is 28.2 Å². The van der Waals surface area contributed by atoms with Gasteiger partial charge in [-0.2, -0.15) is 0 Å². The van der Waals surface area contributed by atoms with Crippen molar-refractivity contribution in [2.75, 3.05) is 7.11 Å². The van der Waals surface area contributed by atoms with E-state index in [-0.39, 0.29) is 12.3 Å². The lowest BCUT2D eigenvalue weighted by Gasteiger charge is -2.21. The van der Waals surface area contributed by atoms with E-state index in [0.717, 1.165) is 41.5 Å². The highest BCUT2D eigenvalue weighted by molar-refractivity contribution is 9.10. The van der Waals surface area contributed by atoms with E-state index in [4.69, 9.17) is 4.74 Å². The van der Waals surface area contributed by atoms with Gasteiger partial charge >= 0.3 is 0 Å². The minimum absolute atomic E-state index is 0.103. The summed E-state index contributed by atoms with van der Waals surface area (Å²) < 4.78 is 6.10. The Morgan fingerprint density at radius 1 is 1.40 bits per heavy atom. The number of carbonyl (C=O) groups excluding carboxylic acids is 1. The Morgan fingerprint density at radius 2 is 2.10 bits per heavy atom. The molecule has 20 heavy (non-hydrogen) atoms. The maximum absolute atomic E-state index is 11.9. The average Bonchev–Trinajstić information content (AvgIpc) is 2.82. The summed E-state index contributed by atoms with van der Waals surface area (Å²) in [5.74, 6) is 0.645. The number of ether oxygens (including phenoxy) is 1. The third-order valence-electron chi connectivity index (χ3n) is 3.68. The summed E-state index contributed by atoms with van der Waals surface area (Å²) >= 11 is 3.41. The maximum atomic E-state index is 11.9. The zero-order chi connectivity index (χ0) is 14.6. The SMILES string of the molecule is COc1cc(Br)cc(CNC(=O)CC2(O)CCCC2)c1. The fourth-order valence-electron chi connectivity index (χ4n) is 2.61. The molecule has 0 atom stereocenters. The van der Waals surface area contributed by atoms with Gasteiger partial charge in [-0.3, -0.25) is 4.79 Å². The molecule has 1 aromatic rings. The lowest BCUT2D eigenvalue weighted by atomic mass is 9.97. The normalized spacial score (nSPS) is 16.9. The van der Waals surface area contributed by atoms with Crippen LogP contribution in [0.3, 0.4) is 0 Å². The second kappa shape index (κ2) is 6.59. The smallest absolute Gasteiger partial charge is 0.223 e. The zero-order valence-electron chi connectivity index (χ0n) is 11.6. The lowest BCUT2D eigenvalue weighted by molar-refractivity contribution is -0.126. The predicted molar refractivity (Wildman–Crippen MR) is 80.6 cm³/mol. The molecule has 4 nitrogen and oxygen atoms in total. The standard InChI is InChI=1S/C15H20BrNO3/c1-20-13-7-11(6-12(16)8-13)10-17-14(18)9-15(19)4-2-3-5-15/h6-8,19H,2-5,9-10H2,1H3,(H,17,18). The van der Waals surface area contributed by atoms with E-state index in [1.807, 2.05) is 18.2 Å². The number of nitrogens with one attached hydrogen (secondary N) is 1. The Labute approximate surface area is 127 Å². The third kappa shape index (κ3) is 4.21. The first kappa shape index (κ1) is 15.3. The van der Waals surface area contributed by atoms with Crippen molar-refractivity contribution in [1.82, 2.24) is 5.32 Å². The molecule has 1 amide bonds. The van der Waals surface area contributed by atoms with Crippen LogP contribution in [0.4, 0.5) is 0 Å². The molecule has 0 spiro atoms. The quantitative estimate of drug-likeness (QED) is 0.865. The van der Waals surface area contributed by atoms with Gasteiger partial charge in [-0.1, -0.05) is 28.8 Å². The first-order valence-electron chi connectivity index (χ1n) is 6.83. The summed E-state index contributed by atoms with van der Waals surface area (Å²) in [6, 6.07) is 5.69.